The number of fused-ring (bicyclic) bond motifs is 1. The molecular formula is C14H7BrF2N2O2. The van der Waals surface area contributed by atoms with Crippen molar-refractivity contribution in [1.29, 1.82) is 0 Å². The van der Waals surface area contributed by atoms with Gasteiger partial charge in [0.1, 0.15) is 23.0 Å². The first kappa shape index (κ1) is 13.7. The fourth-order valence-corrected chi connectivity index (χ4v) is 2.62. The van der Waals surface area contributed by atoms with Gasteiger partial charge in [0.2, 0.25) is 0 Å². The minimum absolute atomic E-state index is 0.0778. The van der Waals surface area contributed by atoms with Crippen molar-refractivity contribution in [3.05, 3.63) is 52.0 Å². The van der Waals surface area contributed by atoms with E-state index in [0.717, 1.165) is 12.1 Å². The van der Waals surface area contributed by atoms with Crippen LogP contribution in [-0.2, 0) is 0 Å². The van der Waals surface area contributed by atoms with E-state index in [0.29, 0.717) is 4.47 Å². The first-order chi connectivity index (χ1) is 9.97. The van der Waals surface area contributed by atoms with Gasteiger partial charge in [0.25, 0.3) is 0 Å². The minimum Gasteiger partial charge on any atom is -0.478 e. The molecule has 0 aliphatic carbocycles. The summed E-state index contributed by atoms with van der Waals surface area (Å²) in [5.74, 6) is -2.41. The largest absolute Gasteiger partial charge is 0.478 e. The number of carbonyl (C=O) groups is 1. The Balaban J connectivity index is 2.32. The fourth-order valence-electron chi connectivity index (χ4n) is 2.09. The highest BCUT2D eigenvalue weighted by Crippen LogP contribution is 2.31. The molecule has 2 aromatic carbocycles. The number of carboxylic acids is 1. The molecule has 0 radical (unpaired) electrons. The molecule has 1 aromatic heterocycles. The molecule has 106 valence electrons. The number of imidazole rings is 1. The normalized spacial score (nSPS) is 11.0. The van der Waals surface area contributed by atoms with Crippen LogP contribution in [0.3, 0.4) is 0 Å². The van der Waals surface area contributed by atoms with Crippen molar-refractivity contribution < 1.29 is 18.7 Å². The lowest BCUT2D eigenvalue weighted by Gasteiger charge is -2.01. The number of nitrogens with one attached hydrogen (secondary N) is 1. The van der Waals surface area contributed by atoms with E-state index in [-0.39, 0.29) is 28.0 Å². The first-order valence-electron chi connectivity index (χ1n) is 5.84. The highest BCUT2D eigenvalue weighted by Gasteiger charge is 2.18. The standard InChI is InChI=1S/C14H7BrF2N2O2/c15-8-2-1-3-9(17)11(8)13-18-10-5-6(16)4-7(14(20)21)12(10)19-13/h1-5H,(H,18,19)(H,20,21). The number of aromatic amines is 1. The van der Waals surface area contributed by atoms with Gasteiger partial charge in [-0.2, -0.15) is 0 Å². The molecule has 0 atom stereocenters. The Morgan fingerprint density at radius 3 is 2.71 bits per heavy atom. The average Bonchev–Trinajstić information content (AvgIpc) is 2.80. The van der Waals surface area contributed by atoms with Gasteiger partial charge >= 0.3 is 5.97 Å². The number of benzene rings is 2. The maximum absolute atomic E-state index is 13.9. The van der Waals surface area contributed by atoms with Crippen molar-refractivity contribution in [1.82, 2.24) is 9.97 Å². The van der Waals surface area contributed by atoms with Crippen LogP contribution in [-0.4, -0.2) is 21.0 Å². The molecule has 1 heterocycles. The van der Waals surface area contributed by atoms with Gasteiger partial charge in [0.05, 0.1) is 16.6 Å². The summed E-state index contributed by atoms with van der Waals surface area (Å²) in [6, 6.07) is 6.41. The highest BCUT2D eigenvalue weighted by molar-refractivity contribution is 9.10. The van der Waals surface area contributed by atoms with Crippen LogP contribution < -0.4 is 0 Å². The Morgan fingerprint density at radius 2 is 2.05 bits per heavy atom. The van der Waals surface area contributed by atoms with Crippen molar-refractivity contribution >= 4 is 32.9 Å². The molecule has 21 heavy (non-hydrogen) atoms. The summed E-state index contributed by atoms with van der Waals surface area (Å²) in [6.45, 7) is 0. The van der Waals surface area contributed by atoms with Crippen LogP contribution in [0.15, 0.2) is 34.8 Å². The molecule has 0 aliphatic heterocycles. The van der Waals surface area contributed by atoms with E-state index in [4.69, 9.17) is 5.11 Å². The molecule has 4 nitrogen and oxygen atoms in total. The zero-order valence-electron chi connectivity index (χ0n) is 10.3. The van der Waals surface area contributed by atoms with Gasteiger partial charge < -0.3 is 10.1 Å². The average molecular weight is 353 g/mol. The Bertz CT molecular complexity index is 857. The second-order valence-corrected chi connectivity index (χ2v) is 5.19. The molecule has 0 saturated carbocycles. The van der Waals surface area contributed by atoms with Crippen molar-refractivity contribution in [3.8, 4) is 11.4 Å². The molecule has 7 heteroatoms. The second kappa shape index (κ2) is 4.92. The summed E-state index contributed by atoms with van der Waals surface area (Å²) in [7, 11) is 0. The zero-order chi connectivity index (χ0) is 15.1. The number of carboxylic acid groups (broad SMARTS) is 1. The fraction of sp³-hybridized carbons (Fsp3) is 0. The van der Waals surface area contributed by atoms with Crippen LogP contribution >= 0.6 is 15.9 Å². The number of halogens is 3. The number of nitrogens with zero attached hydrogens (tertiary/aromatic N) is 1. The van der Waals surface area contributed by atoms with Crippen molar-refractivity contribution in [3.63, 3.8) is 0 Å². The number of hydrogen-bond donors (Lipinski definition) is 2. The predicted octanol–water partition coefficient (Wildman–Crippen LogP) is 3.97. The minimum atomic E-state index is -1.30. The van der Waals surface area contributed by atoms with Crippen LogP contribution in [0.25, 0.3) is 22.4 Å². The van der Waals surface area contributed by atoms with Gasteiger partial charge in [-0.3, -0.25) is 0 Å². The van der Waals surface area contributed by atoms with Gasteiger partial charge in [0, 0.05) is 4.47 Å². The third kappa shape index (κ3) is 2.29. The summed E-state index contributed by atoms with van der Waals surface area (Å²) >= 11 is 3.21. The molecule has 0 saturated heterocycles. The van der Waals surface area contributed by atoms with Crippen molar-refractivity contribution in [2.45, 2.75) is 0 Å². The van der Waals surface area contributed by atoms with E-state index >= 15 is 0 Å². The van der Waals surface area contributed by atoms with Gasteiger partial charge in [-0.25, -0.2) is 18.6 Å². The first-order valence-corrected chi connectivity index (χ1v) is 6.63. The van der Waals surface area contributed by atoms with E-state index in [9.17, 15) is 13.6 Å². The summed E-state index contributed by atoms with van der Waals surface area (Å²) in [4.78, 5) is 18.0. The van der Waals surface area contributed by atoms with E-state index in [1.165, 1.54) is 12.1 Å². The van der Waals surface area contributed by atoms with Crippen LogP contribution in [0.5, 0.6) is 0 Å². The number of aromatic nitrogens is 2. The van der Waals surface area contributed by atoms with E-state index in [1.54, 1.807) is 6.07 Å². The van der Waals surface area contributed by atoms with E-state index in [2.05, 4.69) is 25.9 Å². The Morgan fingerprint density at radius 1 is 1.29 bits per heavy atom. The molecular weight excluding hydrogens is 346 g/mol. The summed E-state index contributed by atoms with van der Waals surface area (Å²) < 4.78 is 27.8. The SMILES string of the molecule is O=C(O)c1cc(F)cc2[nH]c(-c3c(F)cccc3Br)nc12. The molecule has 0 unspecified atom stereocenters. The molecule has 3 aromatic rings. The van der Waals surface area contributed by atoms with Gasteiger partial charge in [0.15, 0.2) is 0 Å². The van der Waals surface area contributed by atoms with Crippen LogP contribution in [0.4, 0.5) is 8.78 Å². The number of rotatable bonds is 2. The van der Waals surface area contributed by atoms with E-state index < -0.39 is 17.6 Å². The quantitative estimate of drug-likeness (QED) is 0.733. The Hall–Kier alpha value is -2.28. The highest BCUT2D eigenvalue weighted by atomic mass is 79.9. The lowest BCUT2D eigenvalue weighted by atomic mass is 10.2. The smallest absolute Gasteiger partial charge is 0.338 e. The molecule has 0 spiro atoms. The lowest BCUT2D eigenvalue weighted by Crippen LogP contribution is -1.98. The maximum atomic E-state index is 13.9. The predicted molar refractivity (Wildman–Crippen MR) is 76.1 cm³/mol. The van der Waals surface area contributed by atoms with Crippen molar-refractivity contribution in [2.75, 3.05) is 0 Å². The third-order valence-electron chi connectivity index (χ3n) is 2.98. The monoisotopic (exact) mass is 352 g/mol. The number of hydrogen-bond acceptors (Lipinski definition) is 2. The molecule has 0 fully saturated rings. The van der Waals surface area contributed by atoms with Gasteiger partial charge in [-0.05, 0) is 40.2 Å². The van der Waals surface area contributed by atoms with Crippen LogP contribution in [0.2, 0.25) is 0 Å². The lowest BCUT2D eigenvalue weighted by molar-refractivity contribution is 0.0698. The molecule has 0 bridgehead atoms. The van der Waals surface area contributed by atoms with Gasteiger partial charge in [-0.15, -0.1) is 0 Å². The van der Waals surface area contributed by atoms with Gasteiger partial charge in [-0.1, -0.05) is 6.07 Å². The summed E-state index contributed by atoms with van der Waals surface area (Å²) in [5.41, 5.74) is 0.150. The molecule has 0 aliphatic rings. The Labute approximate surface area is 125 Å². The Kier molecular flexibility index (Phi) is 3.21. The molecule has 3 rings (SSSR count). The zero-order valence-corrected chi connectivity index (χ0v) is 11.9. The number of aromatic carboxylic acids is 1. The second-order valence-electron chi connectivity index (χ2n) is 4.34. The maximum Gasteiger partial charge on any atom is 0.338 e. The van der Waals surface area contributed by atoms with Crippen LogP contribution in [0, 0.1) is 11.6 Å². The number of H-pyrrole nitrogens is 1. The van der Waals surface area contributed by atoms with Crippen molar-refractivity contribution in [2.24, 2.45) is 0 Å². The van der Waals surface area contributed by atoms with Crippen LogP contribution in [0.1, 0.15) is 10.4 Å². The topological polar surface area (TPSA) is 66.0 Å². The molecule has 0 amide bonds. The summed E-state index contributed by atoms with van der Waals surface area (Å²) in [5, 5.41) is 9.09. The molecule has 2 N–H and O–H groups in total. The third-order valence-corrected chi connectivity index (χ3v) is 3.64. The van der Waals surface area contributed by atoms with E-state index in [1.807, 2.05) is 0 Å². The summed E-state index contributed by atoms with van der Waals surface area (Å²) in [6.07, 6.45) is 0.